The molecule has 2 aliphatic heterocycles. The Morgan fingerprint density at radius 3 is 2.79 bits per heavy atom. The molecule has 11 nitrogen and oxygen atoms in total. The van der Waals surface area contributed by atoms with E-state index >= 15 is 0 Å². The summed E-state index contributed by atoms with van der Waals surface area (Å²) in [5.41, 5.74) is 1.82. The second-order valence-corrected chi connectivity index (χ2v) is 7.72. The van der Waals surface area contributed by atoms with Gasteiger partial charge in [0.1, 0.15) is 36.5 Å². The Morgan fingerprint density at radius 1 is 1.45 bits per heavy atom. The lowest BCUT2D eigenvalue weighted by molar-refractivity contribution is -0.150. The molecule has 1 aromatic heterocycles. The molecule has 0 aromatic carbocycles. The summed E-state index contributed by atoms with van der Waals surface area (Å²) < 4.78 is 4.88. The molecule has 13 heteroatoms. The molecule has 1 fully saturated rings. The Labute approximate surface area is 172 Å². The molecule has 29 heavy (non-hydrogen) atoms. The van der Waals surface area contributed by atoms with Gasteiger partial charge in [-0.1, -0.05) is 5.16 Å². The Balaban J connectivity index is 1.77. The molecule has 0 radical (unpaired) electrons. The Hall–Kier alpha value is -2.93. The standard InChI is InChI=1S/C16H16N4O7S2/c1-7(21)27-3-8-4-29-15-11(14(23)20(15)12(8)16(24)25)18-13(22)10(19-26-2)9-5-28-6-17-9/h5-6,11,15H,3-4H2,1-2H3,(H,18,22)(H,24,25)/b19-10+/t11?,15-/m1/s1. The van der Waals surface area contributed by atoms with E-state index < -0.39 is 35.2 Å². The van der Waals surface area contributed by atoms with Crippen LogP contribution in [0, 0.1) is 0 Å². The third-order valence-electron chi connectivity index (χ3n) is 4.06. The zero-order valence-electron chi connectivity index (χ0n) is 15.3. The number of thioether (sulfide) groups is 1. The fraction of sp³-hybridized carbons (Fsp3) is 0.375. The highest BCUT2D eigenvalue weighted by molar-refractivity contribution is 8.00. The van der Waals surface area contributed by atoms with Crippen molar-refractivity contribution in [3.05, 3.63) is 27.9 Å². The summed E-state index contributed by atoms with van der Waals surface area (Å²) in [6.45, 7) is 0.994. The van der Waals surface area contributed by atoms with Crippen LogP contribution in [0.15, 0.2) is 27.3 Å². The fourth-order valence-electron chi connectivity index (χ4n) is 2.82. The maximum atomic E-state index is 12.6. The molecule has 2 aliphatic rings. The number of nitrogens with zero attached hydrogens (tertiary/aromatic N) is 3. The van der Waals surface area contributed by atoms with Crippen LogP contribution in [-0.2, 0) is 28.8 Å². The van der Waals surface area contributed by atoms with E-state index in [1.54, 1.807) is 5.38 Å². The van der Waals surface area contributed by atoms with Crippen LogP contribution in [0.25, 0.3) is 0 Å². The minimum absolute atomic E-state index is 0.0923. The van der Waals surface area contributed by atoms with Crippen LogP contribution in [0.1, 0.15) is 12.6 Å². The van der Waals surface area contributed by atoms with Crippen LogP contribution in [0.3, 0.4) is 0 Å². The van der Waals surface area contributed by atoms with E-state index in [1.807, 2.05) is 0 Å². The number of fused-ring (bicyclic) bond motifs is 1. The van der Waals surface area contributed by atoms with Gasteiger partial charge in [-0.25, -0.2) is 9.78 Å². The largest absolute Gasteiger partial charge is 0.477 e. The molecule has 154 valence electrons. The maximum absolute atomic E-state index is 12.6. The highest BCUT2D eigenvalue weighted by Gasteiger charge is 2.54. The number of amides is 2. The van der Waals surface area contributed by atoms with Crippen molar-refractivity contribution in [2.45, 2.75) is 18.3 Å². The predicted molar refractivity (Wildman–Crippen MR) is 102 cm³/mol. The lowest BCUT2D eigenvalue weighted by Crippen LogP contribution is -2.71. The average molecular weight is 440 g/mol. The molecule has 3 rings (SSSR count). The molecular weight excluding hydrogens is 424 g/mol. The quantitative estimate of drug-likeness (QED) is 0.254. The smallest absolute Gasteiger partial charge is 0.352 e. The minimum Gasteiger partial charge on any atom is -0.477 e. The Bertz CT molecular complexity index is 912. The number of rotatable bonds is 7. The van der Waals surface area contributed by atoms with Gasteiger partial charge in [-0.2, -0.15) is 0 Å². The van der Waals surface area contributed by atoms with E-state index in [0.29, 0.717) is 11.3 Å². The van der Waals surface area contributed by atoms with Gasteiger partial charge >= 0.3 is 11.9 Å². The first kappa shape index (κ1) is 20.8. The van der Waals surface area contributed by atoms with Crippen molar-refractivity contribution in [3.63, 3.8) is 0 Å². The lowest BCUT2D eigenvalue weighted by atomic mass is 10.0. The van der Waals surface area contributed by atoms with E-state index in [1.165, 1.54) is 42.6 Å². The van der Waals surface area contributed by atoms with Crippen molar-refractivity contribution < 1.29 is 33.9 Å². The van der Waals surface area contributed by atoms with Gasteiger partial charge in [0.25, 0.3) is 11.8 Å². The van der Waals surface area contributed by atoms with Crippen molar-refractivity contribution in [3.8, 4) is 0 Å². The van der Waals surface area contributed by atoms with E-state index in [0.717, 1.165) is 4.90 Å². The van der Waals surface area contributed by atoms with Gasteiger partial charge in [0.05, 0.1) is 5.51 Å². The van der Waals surface area contributed by atoms with E-state index in [-0.39, 0.29) is 23.8 Å². The monoisotopic (exact) mass is 440 g/mol. The molecule has 1 unspecified atom stereocenters. The summed E-state index contributed by atoms with van der Waals surface area (Å²) in [6.07, 6.45) is 0. The summed E-state index contributed by atoms with van der Waals surface area (Å²) in [4.78, 5) is 57.7. The number of hydrogen-bond donors (Lipinski definition) is 2. The van der Waals surface area contributed by atoms with Crippen molar-refractivity contribution in [1.29, 1.82) is 0 Å². The van der Waals surface area contributed by atoms with E-state index in [4.69, 9.17) is 4.74 Å². The third-order valence-corrected chi connectivity index (χ3v) is 5.98. The van der Waals surface area contributed by atoms with Gasteiger partial charge in [0.2, 0.25) is 0 Å². The lowest BCUT2D eigenvalue weighted by Gasteiger charge is -2.49. The van der Waals surface area contributed by atoms with Gasteiger partial charge in [-0.05, 0) is 0 Å². The molecule has 1 saturated heterocycles. The summed E-state index contributed by atoms with van der Waals surface area (Å²) in [5, 5.41) is 16.8. The number of nitrogens with one attached hydrogen (secondary N) is 1. The van der Waals surface area contributed by atoms with Gasteiger partial charge < -0.3 is 20.0 Å². The average Bonchev–Trinajstić information content (AvgIpc) is 3.21. The van der Waals surface area contributed by atoms with Crippen molar-refractivity contribution in [2.75, 3.05) is 19.5 Å². The number of ether oxygens (including phenoxy) is 1. The van der Waals surface area contributed by atoms with Crippen molar-refractivity contribution in [2.24, 2.45) is 5.16 Å². The number of carboxylic acids is 1. The molecule has 0 bridgehead atoms. The van der Waals surface area contributed by atoms with Gasteiger partial charge in [0.15, 0.2) is 5.71 Å². The number of carboxylic acid groups (broad SMARTS) is 1. The molecular formula is C16H16N4O7S2. The summed E-state index contributed by atoms with van der Waals surface area (Å²) in [6, 6.07) is -0.933. The first-order valence-corrected chi connectivity index (χ1v) is 10.2. The molecule has 0 saturated carbocycles. The van der Waals surface area contributed by atoms with Crippen LogP contribution in [0.5, 0.6) is 0 Å². The Kier molecular flexibility index (Phi) is 6.17. The van der Waals surface area contributed by atoms with Gasteiger partial charge in [0, 0.05) is 23.6 Å². The van der Waals surface area contributed by atoms with Crippen molar-refractivity contribution >= 4 is 52.6 Å². The second-order valence-electron chi connectivity index (χ2n) is 5.89. The number of β-lactam (4-membered cyclic amide) rings is 1. The van der Waals surface area contributed by atoms with Gasteiger partial charge in [-0.15, -0.1) is 23.1 Å². The minimum atomic E-state index is -1.31. The number of carbonyl (C=O) groups excluding carboxylic acids is 3. The summed E-state index contributed by atoms with van der Waals surface area (Å²) >= 11 is 2.53. The SMILES string of the molecule is CO/N=C(/C(=O)NC1C(=O)N2C(C(=O)O)=C(COC(C)=O)CS[C@H]12)c1cscn1. The first-order valence-electron chi connectivity index (χ1n) is 8.19. The molecule has 3 heterocycles. The molecule has 2 amide bonds. The van der Waals surface area contributed by atoms with Crippen LogP contribution in [-0.4, -0.2) is 75.3 Å². The number of aromatic nitrogens is 1. The maximum Gasteiger partial charge on any atom is 0.352 e. The summed E-state index contributed by atoms with van der Waals surface area (Å²) in [7, 11) is 1.28. The molecule has 0 spiro atoms. The number of carbonyl (C=O) groups is 4. The van der Waals surface area contributed by atoms with E-state index in [2.05, 4.69) is 20.3 Å². The number of hydrogen-bond acceptors (Lipinski definition) is 10. The van der Waals surface area contributed by atoms with Crippen LogP contribution in [0.4, 0.5) is 0 Å². The number of esters is 1. The van der Waals surface area contributed by atoms with Crippen LogP contribution >= 0.6 is 23.1 Å². The number of oxime groups is 1. The van der Waals surface area contributed by atoms with E-state index in [9.17, 15) is 24.3 Å². The normalized spacial score (nSPS) is 21.2. The predicted octanol–water partition coefficient (Wildman–Crippen LogP) is -0.205. The van der Waals surface area contributed by atoms with Crippen molar-refractivity contribution in [1.82, 2.24) is 15.2 Å². The molecule has 1 aromatic rings. The fourth-order valence-corrected chi connectivity index (χ4v) is 4.68. The first-order chi connectivity index (χ1) is 13.8. The number of aliphatic carboxylic acids is 1. The highest BCUT2D eigenvalue weighted by atomic mass is 32.2. The van der Waals surface area contributed by atoms with Crippen LogP contribution in [0.2, 0.25) is 0 Å². The number of thiazole rings is 1. The van der Waals surface area contributed by atoms with Crippen LogP contribution < -0.4 is 5.32 Å². The zero-order chi connectivity index (χ0) is 21.1. The van der Waals surface area contributed by atoms with Gasteiger partial charge in [-0.3, -0.25) is 19.3 Å². The zero-order valence-corrected chi connectivity index (χ0v) is 16.9. The Morgan fingerprint density at radius 2 is 2.21 bits per heavy atom. The third kappa shape index (κ3) is 4.10. The second kappa shape index (κ2) is 8.61. The molecule has 0 aliphatic carbocycles. The summed E-state index contributed by atoms with van der Waals surface area (Å²) in [5.74, 6) is -2.87. The molecule has 2 N–H and O–H groups in total. The highest BCUT2D eigenvalue weighted by Crippen LogP contribution is 2.40. The molecule has 2 atom stereocenters. The topological polar surface area (TPSA) is 147 Å².